The minimum Gasteiger partial charge on any atom is -0.444 e. The maximum atomic E-state index is 12.9. The Morgan fingerprint density at radius 1 is 1.40 bits per heavy atom. The van der Waals surface area contributed by atoms with Gasteiger partial charge >= 0.3 is 6.09 Å². The fraction of sp³-hybridized carbons (Fsp3) is 0.889. The number of carbonyl (C=O) groups excluding carboxylic acids is 2. The molecule has 6 nitrogen and oxygen atoms in total. The number of ether oxygens (including phenoxy) is 1. The first-order valence-electron chi connectivity index (χ1n) is 9.11. The van der Waals surface area contributed by atoms with E-state index in [4.69, 9.17) is 4.74 Å². The number of nitrogens with one attached hydrogen (secondary N) is 1. The van der Waals surface area contributed by atoms with Crippen molar-refractivity contribution < 1.29 is 18.7 Å². The van der Waals surface area contributed by atoms with Crippen molar-refractivity contribution in [2.45, 2.75) is 70.7 Å². The average molecular weight is 359 g/mol. The fourth-order valence-corrected chi connectivity index (χ4v) is 3.15. The number of aldehydes is 1. The highest BCUT2D eigenvalue weighted by atomic mass is 19.1. The van der Waals surface area contributed by atoms with E-state index in [-0.39, 0.29) is 6.54 Å². The Bertz CT molecular complexity index is 428. The minimum atomic E-state index is -0.707. The highest BCUT2D eigenvalue weighted by Crippen LogP contribution is 2.24. The first kappa shape index (κ1) is 21.8. The number of nitrogens with zero attached hydrogens (tertiary/aromatic N) is 2. The Morgan fingerprint density at radius 2 is 2.08 bits per heavy atom. The highest BCUT2D eigenvalue weighted by molar-refractivity contribution is 5.73. The first-order valence-corrected chi connectivity index (χ1v) is 9.11. The van der Waals surface area contributed by atoms with Gasteiger partial charge in [0, 0.05) is 25.2 Å². The second-order valence-electron chi connectivity index (χ2n) is 7.91. The Kier molecular flexibility index (Phi) is 8.79. The topological polar surface area (TPSA) is 61.9 Å². The molecule has 1 amide bonds. The first-order chi connectivity index (χ1) is 11.7. The van der Waals surface area contributed by atoms with E-state index in [1.807, 2.05) is 4.90 Å². The number of amides is 1. The molecular formula is C18H34FN3O3. The Morgan fingerprint density at radius 3 is 2.56 bits per heavy atom. The van der Waals surface area contributed by atoms with Gasteiger partial charge in [0.05, 0.1) is 0 Å². The van der Waals surface area contributed by atoms with Gasteiger partial charge in [-0.25, -0.2) is 9.18 Å². The molecule has 0 aliphatic carbocycles. The smallest absolute Gasteiger partial charge is 0.408 e. The van der Waals surface area contributed by atoms with Gasteiger partial charge < -0.3 is 19.7 Å². The summed E-state index contributed by atoms with van der Waals surface area (Å²) in [5.41, 5.74) is -0.625. The molecule has 3 atom stereocenters. The molecule has 0 radical (unpaired) electrons. The molecule has 1 fully saturated rings. The number of hydrogen-bond donors (Lipinski definition) is 1. The lowest BCUT2D eigenvalue weighted by molar-refractivity contribution is -0.110. The number of rotatable bonds is 9. The molecule has 1 rings (SSSR count). The molecule has 146 valence electrons. The van der Waals surface area contributed by atoms with Gasteiger partial charge in [0.25, 0.3) is 0 Å². The zero-order valence-corrected chi connectivity index (χ0v) is 16.3. The molecule has 7 heteroatoms. The van der Waals surface area contributed by atoms with Crippen molar-refractivity contribution in [2.75, 3.05) is 33.4 Å². The second kappa shape index (κ2) is 10.1. The molecule has 0 saturated carbocycles. The number of hydrogen-bond acceptors (Lipinski definition) is 5. The molecule has 1 aliphatic heterocycles. The van der Waals surface area contributed by atoms with Crippen LogP contribution >= 0.6 is 0 Å². The molecule has 3 unspecified atom stereocenters. The van der Waals surface area contributed by atoms with Crippen LogP contribution in [0.15, 0.2) is 0 Å². The van der Waals surface area contributed by atoms with Crippen LogP contribution in [0, 0.1) is 0 Å². The lowest BCUT2D eigenvalue weighted by atomic mass is 10.1. The van der Waals surface area contributed by atoms with Crippen molar-refractivity contribution in [3.05, 3.63) is 0 Å². The molecule has 1 N–H and O–H groups in total. The lowest BCUT2D eigenvalue weighted by Crippen LogP contribution is -2.47. The van der Waals surface area contributed by atoms with E-state index >= 15 is 0 Å². The van der Waals surface area contributed by atoms with Gasteiger partial charge in [0.15, 0.2) is 0 Å². The normalized spacial score (nSPS) is 22.8. The zero-order valence-electron chi connectivity index (χ0n) is 16.3. The van der Waals surface area contributed by atoms with Crippen molar-refractivity contribution in [1.29, 1.82) is 0 Å². The van der Waals surface area contributed by atoms with E-state index < -0.39 is 24.4 Å². The molecule has 0 spiro atoms. The van der Waals surface area contributed by atoms with Crippen LogP contribution in [-0.2, 0) is 9.53 Å². The van der Waals surface area contributed by atoms with Crippen LogP contribution in [0.5, 0.6) is 0 Å². The Labute approximate surface area is 151 Å². The van der Waals surface area contributed by atoms with E-state index in [9.17, 15) is 14.0 Å². The third kappa shape index (κ3) is 8.14. The summed E-state index contributed by atoms with van der Waals surface area (Å²) >= 11 is 0. The summed E-state index contributed by atoms with van der Waals surface area (Å²) in [6, 6.07) is 0.364. The van der Waals surface area contributed by atoms with Crippen molar-refractivity contribution in [1.82, 2.24) is 15.1 Å². The molecule has 1 saturated heterocycles. The number of alkyl halides is 1. The van der Waals surface area contributed by atoms with E-state index in [1.54, 1.807) is 20.8 Å². The number of likely N-dealkylation sites (tertiary alicyclic amines) is 1. The predicted molar refractivity (Wildman–Crippen MR) is 96.5 cm³/mol. The van der Waals surface area contributed by atoms with E-state index in [0.717, 1.165) is 12.8 Å². The van der Waals surface area contributed by atoms with Crippen molar-refractivity contribution in [2.24, 2.45) is 0 Å². The predicted octanol–water partition coefficient (Wildman–Crippen LogP) is 2.22. The maximum Gasteiger partial charge on any atom is 0.408 e. The van der Waals surface area contributed by atoms with Gasteiger partial charge in [0.1, 0.15) is 24.6 Å². The number of carbonyl (C=O) groups is 2. The monoisotopic (exact) mass is 359 g/mol. The Balaban J connectivity index is 2.50. The van der Waals surface area contributed by atoms with Gasteiger partial charge in [-0.15, -0.1) is 0 Å². The molecule has 0 aromatic heterocycles. The summed E-state index contributed by atoms with van der Waals surface area (Å²) in [5, 5.41) is 2.55. The third-order valence-electron chi connectivity index (χ3n) is 4.69. The van der Waals surface area contributed by atoms with Crippen molar-refractivity contribution >= 4 is 12.4 Å². The molecular weight excluding hydrogens is 325 g/mol. The summed E-state index contributed by atoms with van der Waals surface area (Å²) in [6.07, 6.45) is 3.31. The molecule has 25 heavy (non-hydrogen) atoms. The second-order valence-corrected chi connectivity index (χ2v) is 7.91. The van der Waals surface area contributed by atoms with Gasteiger partial charge in [-0.2, -0.15) is 0 Å². The summed E-state index contributed by atoms with van der Waals surface area (Å²) in [6.45, 7) is 8.27. The molecule has 0 aromatic rings. The zero-order chi connectivity index (χ0) is 19.0. The van der Waals surface area contributed by atoms with Gasteiger partial charge in [-0.1, -0.05) is 0 Å². The van der Waals surface area contributed by atoms with Gasteiger partial charge in [-0.3, -0.25) is 4.90 Å². The third-order valence-corrected chi connectivity index (χ3v) is 4.69. The van der Waals surface area contributed by atoms with Gasteiger partial charge in [0.2, 0.25) is 0 Å². The van der Waals surface area contributed by atoms with E-state index in [0.29, 0.717) is 31.5 Å². The highest BCUT2D eigenvalue weighted by Gasteiger charge is 2.28. The van der Waals surface area contributed by atoms with Crippen LogP contribution in [0.25, 0.3) is 0 Å². The van der Waals surface area contributed by atoms with Crippen LogP contribution in [-0.4, -0.2) is 79.3 Å². The molecule has 1 aliphatic rings. The summed E-state index contributed by atoms with van der Waals surface area (Å²) < 4.78 is 18.0. The summed E-state index contributed by atoms with van der Waals surface area (Å²) in [5.74, 6) is 0. The average Bonchev–Trinajstić information content (AvgIpc) is 2.81. The SMILES string of the molecule is CC1CCC(CCN(CCF)CC(C=O)NC(=O)OC(C)(C)C)N1C. The van der Waals surface area contributed by atoms with E-state index in [2.05, 4.69) is 24.2 Å². The largest absolute Gasteiger partial charge is 0.444 e. The van der Waals surface area contributed by atoms with Crippen LogP contribution in [0.4, 0.5) is 9.18 Å². The summed E-state index contributed by atoms with van der Waals surface area (Å²) in [7, 11) is 2.13. The minimum absolute atomic E-state index is 0.256. The van der Waals surface area contributed by atoms with Crippen molar-refractivity contribution in [3.63, 3.8) is 0 Å². The van der Waals surface area contributed by atoms with E-state index in [1.165, 1.54) is 6.42 Å². The van der Waals surface area contributed by atoms with Gasteiger partial charge in [-0.05, 0) is 60.5 Å². The van der Waals surface area contributed by atoms with Crippen LogP contribution in [0.3, 0.4) is 0 Å². The van der Waals surface area contributed by atoms with Crippen molar-refractivity contribution in [3.8, 4) is 0 Å². The Hall–Kier alpha value is -1.21. The lowest BCUT2D eigenvalue weighted by Gasteiger charge is -2.29. The summed E-state index contributed by atoms with van der Waals surface area (Å²) in [4.78, 5) is 27.4. The number of halogens is 1. The van der Waals surface area contributed by atoms with Crippen LogP contribution < -0.4 is 5.32 Å². The quantitative estimate of drug-likeness (QED) is 0.640. The molecule has 0 aromatic carbocycles. The van der Waals surface area contributed by atoms with Crippen LogP contribution in [0.2, 0.25) is 0 Å². The van der Waals surface area contributed by atoms with Crippen LogP contribution in [0.1, 0.15) is 47.0 Å². The fourth-order valence-electron chi connectivity index (χ4n) is 3.15. The standard InChI is InChI=1S/C18H34FN3O3/c1-14-6-7-16(21(14)5)8-10-22(11-9-19)12-15(13-23)20-17(24)25-18(2,3)4/h13-16H,6-12H2,1-5H3,(H,20,24). The molecule has 0 bridgehead atoms. The number of alkyl carbamates (subject to hydrolysis) is 1. The molecule has 1 heterocycles. The maximum absolute atomic E-state index is 12.9.